The zero-order valence-electron chi connectivity index (χ0n) is 22.4. The number of ether oxygens (including phenoxy) is 6. The molecular weight excluding hydrogens is 538 g/mol. The number of benzene rings is 3. The predicted molar refractivity (Wildman–Crippen MR) is 143 cm³/mol. The summed E-state index contributed by atoms with van der Waals surface area (Å²) in [5.74, 6) is 0.195. The molecule has 1 aliphatic carbocycles. The van der Waals surface area contributed by atoms with Crippen molar-refractivity contribution in [1.29, 1.82) is 0 Å². The summed E-state index contributed by atoms with van der Waals surface area (Å²) in [6, 6.07) is 13.1. The van der Waals surface area contributed by atoms with Gasteiger partial charge in [0.1, 0.15) is 0 Å². The standard InChI is InChI=1S/C29H29NO9S/c1-15-5-7-17(8-6-15)40(32,33)30-27-19-12-22-21(38-14-39-22)11-18(19)25(26-20(27)13-37-29(26)31)16-9-23(34-2)28(36-4)24(10-16)35-3/h5-12,20,25-27,30H,13-14H2,1-4H3/t20-,25+,26-,27+/m0/s1. The predicted octanol–water partition coefficient (Wildman–Crippen LogP) is 3.70. The molecule has 1 fully saturated rings. The lowest BCUT2D eigenvalue weighted by Crippen LogP contribution is -2.42. The number of carbonyl (C=O) groups excluding carboxylic acids is 1. The van der Waals surface area contributed by atoms with E-state index >= 15 is 0 Å². The third-order valence-electron chi connectivity index (χ3n) is 7.85. The molecule has 0 spiro atoms. The Balaban J connectivity index is 1.54. The first-order valence-corrected chi connectivity index (χ1v) is 14.2. The van der Waals surface area contributed by atoms with Crippen LogP contribution in [0.4, 0.5) is 0 Å². The Morgan fingerprint density at radius 2 is 1.48 bits per heavy atom. The molecular formula is C29H29NO9S. The van der Waals surface area contributed by atoms with Gasteiger partial charge in [-0.05, 0) is 60.0 Å². The van der Waals surface area contributed by atoms with Crippen LogP contribution in [-0.2, 0) is 19.6 Å². The Morgan fingerprint density at radius 3 is 2.08 bits per heavy atom. The Bertz CT molecular complexity index is 1560. The van der Waals surface area contributed by atoms with E-state index in [0.717, 1.165) is 16.7 Å². The quantitative estimate of drug-likeness (QED) is 0.426. The second kappa shape index (κ2) is 9.90. The van der Waals surface area contributed by atoms with E-state index in [4.69, 9.17) is 28.4 Å². The molecule has 0 bridgehead atoms. The first-order chi connectivity index (χ1) is 19.2. The molecule has 0 saturated carbocycles. The number of hydrogen-bond acceptors (Lipinski definition) is 9. The van der Waals surface area contributed by atoms with Crippen molar-refractivity contribution in [3.63, 3.8) is 0 Å². The first kappa shape index (κ1) is 26.3. The number of carbonyl (C=O) groups is 1. The molecule has 0 amide bonds. The van der Waals surface area contributed by atoms with Crippen LogP contribution in [0.25, 0.3) is 0 Å². The zero-order valence-corrected chi connectivity index (χ0v) is 23.2. The van der Waals surface area contributed by atoms with Gasteiger partial charge in [-0.15, -0.1) is 0 Å². The monoisotopic (exact) mass is 567 g/mol. The van der Waals surface area contributed by atoms with Crippen molar-refractivity contribution in [2.75, 3.05) is 34.7 Å². The van der Waals surface area contributed by atoms with Gasteiger partial charge in [0.05, 0.1) is 44.8 Å². The van der Waals surface area contributed by atoms with Crippen molar-refractivity contribution in [1.82, 2.24) is 4.72 Å². The number of hydrogen-bond donors (Lipinski definition) is 1. The molecule has 2 aliphatic heterocycles. The number of fused-ring (bicyclic) bond motifs is 3. The lowest BCUT2D eigenvalue weighted by molar-refractivity contribution is -0.141. The molecule has 0 radical (unpaired) electrons. The second-order valence-corrected chi connectivity index (χ2v) is 11.7. The highest BCUT2D eigenvalue weighted by atomic mass is 32.2. The number of rotatable bonds is 7. The minimum absolute atomic E-state index is 0.0434. The zero-order chi connectivity index (χ0) is 28.2. The van der Waals surface area contributed by atoms with Crippen LogP contribution < -0.4 is 28.4 Å². The molecule has 0 unspecified atom stereocenters. The summed E-state index contributed by atoms with van der Waals surface area (Å²) in [4.78, 5) is 13.5. The van der Waals surface area contributed by atoms with E-state index in [1.165, 1.54) is 21.3 Å². The molecule has 3 aromatic rings. The Morgan fingerprint density at radius 1 is 0.850 bits per heavy atom. The molecule has 1 N–H and O–H groups in total. The van der Waals surface area contributed by atoms with Gasteiger partial charge in [-0.2, -0.15) is 0 Å². The Hall–Kier alpha value is -3.96. The van der Waals surface area contributed by atoms with Gasteiger partial charge in [0.2, 0.25) is 22.6 Å². The number of nitrogens with one attached hydrogen (secondary N) is 1. The molecule has 210 valence electrons. The molecule has 11 heteroatoms. The van der Waals surface area contributed by atoms with Crippen LogP contribution >= 0.6 is 0 Å². The minimum Gasteiger partial charge on any atom is -0.493 e. The highest BCUT2D eigenvalue weighted by Gasteiger charge is 2.53. The highest BCUT2D eigenvalue weighted by Crippen LogP contribution is 2.55. The van der Waals surface area contributed by atoms with Gasteiger partial charge < -0.3 is 28.4 Å². The van der Waals surface area contributed by atoms with Crippen LogP contribution in [0.5, 0.6) is 28.7 Å². The average Bonchev–Trinajstić information content (AvgIpc) is 3.57. The van der Waals surface area contributed by atoms with Crippen molar-refractivity contribution in [2.45, 2.75) is 23.8 Å². The van der Waals surface area contributed by atoms with Crippen LogP contribution in [0.3, 0.4) is 0 Å². The van der Waals surface area contributed by atoms with E-state index in [1.807, 2.05) is 13.0 Å². The van der Waals surface area contributed by atoms with Gasteiger partial charge in [0, 0.05) is 11.8 Å². The summed E-state index contributed by atoms with van der Waals surface area (Å²) in [6.45, 7) is 1.99. The van der Waals surface area contributed by atoms with E-state index < -0.39 is 39.8 Å². The molecule has 1 saturated heterocycles. The molecule has 3 aliphatic rings. The van der Waals surface area contributed by atoms with Crippen molar-refractivity contribution in [3.05, 3.63) is 70.8 Å². The van der Waals surface area contributed by atoms with Crippen molar-refractivity contribution in [2.24, 2.45) is 11.8 Å². The third kappa shape index (κ3) is 4.20. The van der Waals surface area contributed by atoms with E-state index in [2.05, 4.69) is 4.72 Å². The van der Waals surface area contributed by atoms with Gasteiger partial charge in [0.25, 0.3) is 0 Å². The minimum atomic E-state index is -3.95. The summed E-state index contributed by atoms with van der Waals surface area (Å²) in [6.07, 6.45) is 0. The number of sulfonamides is 1. The summed E-state index contributed by atoms with van der Waals surface area (Å²) < 4.78 is 63.7. The molecule has 40 heavy (non-hydrogen) atoms. The maximum absolute atomic E-state index is 13.6. The fourth-order valence-electron chi connectivity index (χ4n) is 5.95. The summed E-state index contributed by atoms with van der Waals surface area (Å²) in [5.41, 5.74) is 3.06. The van der Waals surface area contributed by atoms with Crippen LogP contribution in [0.2, 0.25) is 0 Å². The van der Waals surface area contributed by atoms with Gasteiger partial charge in [-0.25, -0.2) is 13.1 Å². The summed E-state index contributed by atoms with van der Waals surface area (Å²) in [7, 11) is 0.621. The lowest BCUT2D eigenvalue weighted by Gasteiger charge is -2.39. The van der Waals surface area contributed by atoms with E-state index in [9.17, 15) is 13.2 Å². The smallest absolute Gasteiger partial charge is 0.310 e. The molecule has 10 nitrogen and oxygen atoms in total. The Kier molecular flexibility index (Phi) is 6.50. The summed E-state index contributed by atoms with van der Waals surface area (Å²) in [5, 5.41) is 0. The van der Waals surface area contributed by atoms with Gasteiger partial charge in [-0.3, -0.25) is 4.79 Å². The topological polar surface area (TPSA) is 119 Å². The van der Waals surface area contributed by atoms with Crippen LogP contribution in [0, 0.1) is 18.8 Å². The second-order valence-electron chi connectivity index (χ2n) is 10.0. The average molecular weight is 568 g/mol. The lowest BCUT2D eigenvalue weighted by atomic mass is 9.65. The summed E-state index contributed by atoms with van der Waals surface area (Å²) >= 11 is 0. The Labute approximate surface area is 232 Å². The SMILES string of the molecule is COc1cc([C@@H]2c3cc4c(cc3[C@@H](NS(=O)(=O)c3ccc(C)cc3)[C@H]3COC(=O)[C@H]23)OCO4)cc(OC)c1OC. The number of cyclic esters (lactones) is 1. The maximum atomic E-state index is 13.6. The molecule has 2 heterocycles. The molecule has 6 rings (SSSR count). The number of methoxy groups -OCH3 is 3. The highest BCUT2D eigenvalue weighted by molar-refractivity contribution is 7.89. The molecule has 4 atom stereocenters. The maximum Gasteiger partial charge on any atom is 0.310 e. The van der Waals surface area contributed by atoms with Crippen LogP contribution in [0.1, 0.15) is 34.2 Å². The number of aryl methyl sites for hydroxylation is 1. The van der Waals surface area contributed by atoms with Gasteiger partial charge in [-0.1, -0.05) is 17.7 Å². The fourth-order valence-corrected chi connectivity index (χ4v) is 7.21. The van der Waals surface area contributed by atoms with Crippen molar-refractivity contribution < 1.29 is 41.6 Å². The normalized spacial score (nSPS) is 22.8. The largest absolute Gasteiger partial charge is 0.493 e. The van der Waals surface area contributed by atoms with E-state index in [-0.39, 0.29) is 18.3 Å². The van der Waals surface area contributed by atoms with Crippen molar-refractivity contribution in [3.8, 4) is 28.7 Å². The fraction of sp³-hybridized carbons (Fsp3) is 0.345. The molecule has 0 aromatic heterocycles. The van der Waals surface area contributed by atoms with Crippen LogP contribution in [-0.4, -0.2) is 49.1 Å². The van der Waals surface area contributed by atoms with Gasteiger partial charge in [0.15, 0.2) is 23.0 Å². The van der Waals surface area contributed by atoms with Crippen LogP contribution in [0.15, 0.2) is 53.4 Å². The van der Waals surface area contributed by atoms with Gasteiger partial charge >= 0.3 is 5.97 Å². The number of esters is 1. The third-order valence-corrected chi connectivity index (χ3v) is 9.30. The first-order valence-electron chi connectivity index (χ1n) is 12.7. The van der Waals surface area contributed by atoms with Crippen molar-refractivity contribution >= 4 is 16.0 Å². The molecule has 3 aromatic carbocycles. The van der Waals surface area contributed by atoms with E-state index in [1.54, 1.807) is 42.5 Å². The van der Waals surface area contributed by atoms with E-state index in [0.29, 0.717) is 34.3 Å².